The Morgan fingerprint density at radius 1 is 0.947 bits per heavy atom. The summed E-state index contributed by atoms with van der Waals surface area (Å²) in [6, 6.07) is 5.27. The van der Waals surface area contributed by atoms with Gasteiger partial charge in [-0.2, -0.15) is 23.4 Å². The van der Waals surface area contributed by atoms with Crippen LogP contribution >= 0.6 is 0 Å². The number of anilines is 4. The summed E-state index contributed by atoms with van der Waals surface area (Å²) < 4.78 is 82.7. The summed E-state index contributed by atoms with van der Waals surface area (Å²) in [7, 11) is -10.8. The van der Waals surface area contributed by atoms with E-state index in [1.807, 2.05) is 27.7 Å². The summed E-state index contributed by atoms with van der Waals surface area (Å²) >= 11 is 0. The van der Waals surface area contributed by atoms with Crippen molar-refractivity contribution in [3.05, 3.63) is 24.3 Å². The van der Waals surface area contributed by atoms with Crippen molar-refractivity contribution in [1.82, 2.24) is 19.7 Å². The second-order valence-corrected chi connectivity index (χ2v) is 10.9. The lowest BCUT2D eigenvalue weighted by Gasteiger charge is -2.29. The maximum Gasteiger partial charge on any atom is 0.425 e. The number of rotatable bonds is 7. The molecule has 18 heteroatoms. The Hall–Kier alpha value is -2.93. The van der Waals surface area contributed by atoms with Crippen molar-refractivity contribution >= 4 is 54.3 Å². The van der Waals surface area contributed by atoms with Gasteiger partial charge in [0.15, 0.2) is 0 Å². The van der Waals surface area contributed by atoms with E-state index in [1.54, 1.807) is 6.07 Å². The second kappa shape index (κ2) is 16.8. The summed E-state index contributed by atoms with van der Waals surface area (Å²) in [5.41, 5.74) is 6.09. The van der Waals surface area contributed by atoms with Crippen molar-refractivity contribution in [2.24, 2.45) is 0 Å². The second-order valence-electron chi connectivity index (χ2n) is 7.27. The van der Waals surface area contributed by atoms with Crippen LogP contribution in [-0.4, -0.2) is 67.3 Å². The van der Waals surface area contributed by atoms with Crippen LogP contribution in [0.1, 0.15) is 53.4 Å². The van der Waals surface area contributed by atoms with Gasteiger partial charge in [0, 0.05) is 17.8 Å². The van der Waals surface area contributed by atoms with E-state index in [-0.39, 0.29) is 34.8 Å². The van der Waals surface area contributed by atoms with Gasteiger partial charge in [0.25, 0.3) is 10.1 Å². The average molecular weight is 598 g/mol. The van der Waals surface area contributed by atoms with E-state index >= 15 is 0 Å². The summed E-state index contributed by atoms with van der Waals surface area (Å²) in [5.74, 6) is 0.239. The molecule has 0 amide bonds. The minimum Gasteiger partial charge on any atom is -0.368 e. The van der Waals surface area contributed by atoms with E-state index < -0.39 is 30.8 Å². The Kier molecular flexibility index (Phi) is 15.5. The lowest BCUT2D eigenvalue weighted by Crippen LogP contribution is -2.41. The fourth-order valence-electron chi connectivity index (χ4n) is 3.29. The predicted molar refractivity (Wildman–Crippen MR) is 144 cm³/mol. The minimum absolute atomic E-state index is 0.0532. The number of nitrogens with one attached hydrogen (secondary N) is 3. The van der Waals surface area contributed by atoms with Gasteiger partial charge in [0.05, 0.1) is 11.2 Å². The van der Waals surface area contributed by atoms with Crippen LogP contribution in [0.4, 0.5) is 23.5 Å². The molecule has 0 spiro atoms. The van der Waals surface area contributed by atoms with Crippen LogP contribution in [0, 0.1) is 0 Å². The molecule has 1 saturated carbocycles. The van der Waals surface area contributed by atoms with Crippen molar-refractivity contribution in [2.75, 3.05) is 22.6 Å². The number of sulfonamides is 1. The van der Waals surface area contributed by atoms with E-state index in [0.717, 1.165) is 25.5 Å². The van der Waals surface area contributed by atoms with E-state index in [0.29, 0.717) is 12.1 Å². The van der Waals surface area contributed by atoms with E-state index in [1.165, 1.54) is 18.2 Å². The molecule has 1 aromatic heterocycles. The Labute approximate surface area is 224 Å². The first-order valence-corrected chi connectivity index (χ1v) is 15.9. The summed E-state index contributed by atoms with van der Waals surface area (Å²) in [5, 5.41) is 5.97. The molecule has 0 aliphatic heterocycles. The summed E-state index contributed by atoms with van der Waals surface area (Å²) in [4.78, 5) is 12.0. The molecule has 0 radical (unpaired) electrons. The normalized spacial score (nSPS) is 16.7. The van der Waals surface area contributed by atoms with Crippen LogP contribution in [0.5, 0.6) is 0 Å². The van der Waals surface area contributed by atoms with Gasteiger partial charge in [0.1, 0.15) is 0 Å². The zero-order valence-electron chi connectivity index (χ0n) is 21.7. The van der Waals surface area contributed by atoms with E-state index in [9.17, 15) is 21.4 Å². The molecule has 2 atom stereocenters. The number of benzene rings is 1. The molecule has 2 aromatic rings. The van der Waals surface area contributed by atoms with Crippen molar-refractivity contribution in [1.29, 1.82) is 0 Å². The molecule has 0 saturated heterocycles. The fraction of sp³-hybridized carbons (Fsp3) is 0.550. The number of aromatic nitrogens is 3. The van der Waals surface area contributed by atoms with Crippen LogP contribution in [0.2, 0.25) is 0 Å². The van der Waals surface area contributed by atoms with Gasteiger partial charge in [-0.15, -0.1) is 12.6 Å². The standard InChI is InChI=1S/C16H23N7O5S2.2C2H6.O3S/c1-29(24,25)23-12-6-2-4-10(8-12)18-15-20-14(17)21-16(22-15)19-11-5-3-7-13(9-11)30(26,27)28;2*1-2;1-4(2)3/h3,5,7,9-10,12,23H,2,4,6,8H2,1H3,(H,26,27,28)(H4,17,18,19,20,21,22);2*1-2H3;. The Bertz CT molecular complexity index is 1330. The highest BCUT2D eigenvalue weighted by molar-refractivity contribution is 7.88. The van der Waals surface area contributed by atoms with Crippen molar-refractivity contribution in [3.8, 4) is 0 Å². The SMILES string of the molecule is CC.CC.CS(=O)(=O)NC1CCCC(Nc2nc(N)nc(Nc3cccc(S(=O)(=O)O)c3)n2)C1.O=S(=O)=O. The topological polar surface area (TPSA) is 240 Å². The zero-order valence-corrected chi connectivity index (χ0v) is 24.2. The third kappa shape index (κ3) is 14.7. The largest absolute Gasteiger partial charge is 0.425 e. The Balaban J connectivity index is 0.00000153. The number of nitrogen functional groups attached to an aromatic ring is 1. The molecule has 6 N–H and O–H groups in total. The highest BCUT2D eigenvalue weighted by Gasteiger charge is 2.25. The molecule has 2 unspecified atom stereocenters. The molecule has 1 fully saturated rings. The van der Waals surface area contributed by atoms with Crippen LogP contribution in [0.25, 0.3) is 0 Å². The third-order valence-corrected chi connectivity index (χ3v) is 6.04. The van der Waals surface area contributed by atoms with Gasteiger partial charge in [0.2, 0.25) is 27.9 Å². The highest BCUT2D eigenvalue weighted by atomic mass is 32.2. The molecule has 1 heterocycles. The minimum atomic E-state index is -4.35. The zero-order chi connectivity index (χ0) is 29.5. The van der Waals surface area contributed by atoms with Crippen molar-refractivity contribution < 1.29 is 34.0 Å². The number of nitrogens with zero attached hydrogens (tertiary/aromatic N) is 3. The molecule has 1 aliphatic carbocycles. The maximum absolute atomic E-state index is 11.5. The van der Waals surface area contributed by atoms with Crippen LogP contribution in [-0.2, 0) is 30.8 Å². The predicted octanol–water partition coefficient (Wildman–Crippen LogP) is 1.76. The number of nitrogens with two attached hydrogens (primary N) is 1. The van der Waals surface area contributed by atoms with Crippen molar-refractivity contribution in [2.45, 2.75) is 70.4 Å². The fourth-order valence-corrected chi connectivity index (χ4v) is 4.64. The monoisotopic (exact) mass is 597 g/mol. The smallest absolute Gasteiger partial charge is 0.368 e. The average Bonchev–Trinajstić information content (AvgIpc) is 2.80. The lowest BCUT2D eigenvalue weighted by atomic mass is 9.92. The van der Waals surface area contributed by atoms with E-state index in [4.69, 9.17) is 18.4 Å². The third-order valence-electron chi connectivity index (χ3n) is 4.43. The van der Waals surface area contributed by atoms with E-state index in [2.05, 4.69) is 30.3 Å². The molecule has 38 heavy (non-hydrogen) atoms. The molecule has 0 bridgehead atoms. The Morgan fingerprint density at radius 3 is 2.05 bits per heavy atom. The van der Waals surface area contributed by atoms with Crippen LogP contribution in [0.3, 0.4) is 0 Å². The molecule has 15 nitrogen and oxygen atoms in total. The molecule has 216 valence electrons. The summed E-state index contributed by atoms with van der Waals surface area (Å²) in [6.45, 7) is 8.00. The number of hydrogen-bond acceptors (Lipinski definition) is 13. The lowest BCUT2D eigenvalue weighted by molar-refractivity contribution is 0.385. The highest BCUT2D eigenvalue weighted by Crippen LogP contribution is 2.23. The molecular weight excluding hydrogens is 562 g/mol. The molecule has 3 rings (SSSR count). The molecule has 1 aliphatic rings. The van der Waals surface area contributed by atoms with Crippen LogP contribution < -0.4 is 21.1 Å². The molecular formula is C20H35N7O8S3. The first kappa shape index (κ1) is 35.1. The summed E-state index contributed by atoms with van der Waals surface area (Å²) in [6.07, 6.45) is 4.09. The van der Waals surface area contributed by atoms with Gasteiger partial charge in [-0.05, 0) is 43.9 Å². The van der Waals surface area contributed by atoms with Gasteiger partial charge in [-0.1, -0.05) is 33.8 Å². The van der Waals surface area contributed by atoms with Gasteiger partial charge < -0.3 is 16.4 Å². The van der Waals surface area contributed by atoms with Crippen molar-refractivity contribution in [3.63, 3.8) is 0 Å². The van der Waals surface area contributed by atoms with Gasteiger partial charge in [-0.3, -0.25) is 4.55 Å². The molecule has 1 aromatic carbocycles. The first-order valence-electron chi connectivity index (χ1n) is 11.6. The van der Waals surface area contributed by atoms with Crippen LogP contribution in [0.15, 0.2) is 29.2 Å². The first-order chi connectivity index (χ1) is 17.7. The Morgan fingerprint density at radius 2 is 1.50 bits per heavy atom. The maximum atomic E-state index is 11.5. The number of hydrogen-bond donors (Lipinski definition) is 5. The van der Waals surface area contributed by atoms with Gasteiger partial charge in [-0.25, -0.2) is 13.1 Å². The quantitative estimate of drug-likeness (QED) is 0.286. The van der Waals surface area contributed by atoms with Gasteiger partial charge >= 0.3 is 10.6 Å².